The fourth-order valence-corrected chi connectivity index (χ4v) is 3.92. The average Bonchev–Trinajstić information content (AvgIpc) is 2.75. The molecule has 0 fully saturated rings. The molecule has 0 atom stereocenters. The SMILES string of the molecule is COc1ccc(-c2ccc(I)c(-c3ccccc3)c2)cc1-c1ccccc1. The van der Waals surface area contributed by atoms with Gasteiger partial charge in [0.05, 0.1) is 7.11 Å². The van der Waals surface area contributed by atoms with Gasteiger partial charge in [0.2, 0.25) is 0 Å². The van der Waals surface area contributed by atoms with Crippen molar-refractivity contribution in [2.24, 2.45) is 0 Å². The minimum atomic E-state index is 0.888. The molecule has 4 rings (SSSR count). The first-order valence-corrected chi connectivity index (χ1v) is 9.93. The molecule has 0 unspecified atom stereocenters. The van der Waals surface area contributed by atoms with Crippen molar-refractivity contribution in [1.82, 2.24) is 0 Å². The number of methoxy groups -OCH3 is 1. The molecular formula is C25H19IO. The number of ether oxygens (including phenoxy) is 1. The Morgan fingerprint density at radius 3 is 1.67 bits per heavy atom. The minimum Gasteiger partial charge on any atom is -0.496 e. The van der Waals surface area contributed by atoms with Crippen molar-refractivity contribution in [3.8, 4) is 39.1 Å². The van der Waals surface area contributed by atoms with Crippen molar-refractivity contribution in [1.29, 1.82) is 0 Å². The molecule has 0 heterocycles. The van der Waals surface area contributed by atoms with Crippen molar-refractivity contribution in [3.05, 3.63) is 101 Å². The molecule has 0 aromatic heterocycles. The van der Waals surface area contributed by atoms with E-state index in [4.69, 9.17) is 4.74 Å². The predicted octanol–water partition coefficient (Wildman–Crippen LogP) is 7.30. The second-order valence-corrected chi connectivity index (χ2v) is 7.50. The summed E-state index contributed by atoms with van der Waals surface area (Å²) in [5, 5.41) is 0. The van der Waals surface area contributed by atoms with Gasteiger partial charge >= 0.3 is 0 Å². The Bertz CT molecular complexity index is 1060. The van der Waals surface area contributed by atoms with Crippen LogP contribution in [0.1, 0.15) is 0 Å². The second-order valence-electron chi connectivity index (χ2n) is 6.34. The van der Waals surface area contributed by atoms with Gasteiger partial charge in [-0.3, -0.25) is 0 Å². The predicted molar refractivity (Wildman–Crippen MR) is 122 cm³/mol. The minimum absolute atomic E-state index is 0.888. The molecule has 0 amide bonds. The van der Waals surface area contributed by atoms with Crippen molar-refractivity contribution in [2.75, 3.05) is 7.11 Å². The highest BCUT2D eigenvalue weighted by atomic mass is 127. The monoisotopic (exact) mass is 462 g/mol. The molecule has 0 N–H and O–H groups in total. The van der Waals surface area contributed by atoms with E-state index in [1.165, 1.54) is 25.8 Å². The first-order valence-electron chi connectivity index (χ1n) is 8.85. The number of hydrogen-bond acceptors (Lipinski definition) is 1. The Balaban J connectivity index is 1.83. The van der Waals surface area contributed by atoms with Crippen LogP contribution in [0.25, 0.3) is 33.4 Å². The van der Waals surface area contributed by atoms with Gasteiger partial charge in [-0.2, -0.15) is 0 Å². The van der Waals surface area contributed by atoms with E-state index in [2.05, 4.69) is 114 Å². The lowest BCUT2D eigenvalue weighted by molar-refractivity contribution is 0.416. The van der Waals surface area contributed by atoms with E-state index in [9.17, 15) is 0 Å². The Morgan fingerprint density at radius 2 is 1.07 bits per heavy atom. The van der Waals surface area contributed by atoms with Crippen LogP contribution in [0.5, 0.6) is 5.75 Å². The molecule has 0 radical (unpaired) electrons. The Hall–Kier alpha value is -2.59. The molecule has 132 valence electrons. The largest absolute Gasteiger partial charge is 0.496 e. The molecule has 0 saturated carbocycles. The van der Waals surface area contributed by atoms with Crippen LogP contribution >= 0.6 is 22.6 Å². The molecule has 0 spiro atoms. The van der Waals surface area contributed by atoms with Gasteiger partial charge in [-0.05, 0) is 74.7 Å². The van der Waals surface area contributed by atoms with E-state index in [0.717, 1.165) is 16.9 Å². The van der Waals surface area contributed by atoms with Crippen LogP contribution in [-0.4, -0.2) is 7.11 Å². The topological polar surface area (TPSA) is 9.23 Å². The maximum absolute atomic E-state index is 5.60. The highest BCUT2D eigenvalue weighted by Crippen LogP contribution is 2.36. The van der Waals surface area contributed by atoms with E-state index in [0.29, 0.717) is 0 Å². The first kappa shape index (κ1) is 17.8. The van der Waals surface area contributed by atoms with Gasteiger partial charge in [0.15, 0.2) is 0 Å². The Morgan fingerprint density at radius 1 is 0.556 bits per heavy atom. The first-order chi connectivity index (χ1) is 13.3. The van der Waals surface area contributed by atoms with E-state index in [1.54, 1.807) is 7.11 Å². The van der Waals surface area contributed by atoms with Crippen LogP contribution in [-0.2, 0) is 0 Å². The lowest BCUT2D eigenvalue weighted by Gasteiger charge is -2.13. The van der Waals surface area contributed by atoms with Gasteiger partial charge in [-0.15, -0.1) is 0 Å². The molecule has 0 aliphatic heterocycles. The van der Waals surface area contributed by atoms with Crippen LogP contribution in [0.2, 0.25) is 0 Å². The number of halogens is 1. The fraction of sp³-hybridized carbons (Fsp3) is 0.0400. The van der Waals surface area contributed by atoms with E-state index < -0.39 is 0 Å². The fourth-order valence-electron chi connectivity index (χ4n) is 3.27. The van der Waals surface area contributed by atoms with Crippen molar-refractivity contribution < 1.29 is 4.74 Å². The maximum Gasteiger partial charge on any atom is 0.126 e. The molecule has 2 heteroatoms. The summed E-state index contributed by atoms with van der Waals surface area (Å²) >= 11 is 2.41. The third-order valence-corrected chi connectivity index (χ3v) is 5.61. The van der Waals surface area contributed by atoms with Crippen LogP contribution < -0.4 is 4.74 Å². The van der Waals surface area contributed by atoms with Crippen molar-refractivity contribution >= 4 is 22.6 Å². The summed E-state index contributed by atoms with van der Waals surface area (Å²) in [7, 11) is 1.72. The summed E-state index contributed by atoms with van der Waals surface area (Å²) in [6.07, 6.45) is 0. The van der Waals surface area contributed by atoms with Gasteiger partial charge in [-0.1, -0.05) is 72.8 Å². The van der Waals surface area contributed by atoms with E-state index in [1.807, 2.05) is 6.07 Å². The zero-order valence-corrected chi connectivity index (χ0v) is 17.2. The lowest BCUT2D eigenvalue weighted by atomic mass is 9.95. The van der Waals surface area contributed by atoms with Gasteiger partial charge in [0.1, 0.15) is 5.75 Å². The van der Waals surface area contributed by atoms with Crippen LogP contribution in [0.3, 0.4) is 0 Å². The molecule has 0 saturated heterocycles. The molecule has 0 bridgehead atoms. The summed E-state index contributed by atoms with van der Waals surface area (Å²) in [5.41, 5.74) is 7.14. The quantitative estimate of drug-likeness (QED) is 0.289. The molecule has 0 aliphatic carbocycles. The highest BCUT2D eigenvalue weighted by molar-refractivity contribution is 14.1. The normalized spacial score (nSPS) is 10.6. The zero-order valence-electron chi connectivity index (χ0n) is 15.0. The van der Waals surface area contributed by atoms with Crippen molar-refractivity contribution in [2.45, 2.75) is 0 Å². The zero-order chi connectivity index (χ0) is 18.6. The van der Waals surface area contributed by atoms with Gasteiger partial charge < -0.3 is 4.74 Å². The number of hydrogen-bond donors (Lipinski definition) is 0. The summed E-state index contributed by atoms with van der Waals surface area (Å²) in [4.78, 5) is 0. The second kappa shape index (κ2) is 7.97. The van der Waals surface area contributed by atoms with E-state index in [-0.39, 0.29) is 0 Å². The smallest absolute Gasteiger partial charge is 0.126 e. The standard InChI is InChI=1S/C25H19IO/c1-27-25-15-13-21(17-23(25)19-10-6-3-7-11-19)20-12-14-24(26)22(16-20)18-8-4-2-5-9-18/h2-17H,1H3. The van der Waals surface area contributed by atoms with Crippen LogP contribution in [0.4, 0.5) is 0 Å². The van der Waals surface area contributed by atoms with Gasteiger partial charge in [0.25, 0.3) is 0 Å². The lowest BCUT2D eigenvalue weighted by Crippen LogP contribution is -1.90. The number of rotatable bonds is 4. The van der Waals surface area contributed by atoms with Crippen LogP contribution in [0.15, 0.2) is 97.1 Å². The summed E-state index contributed by atoms with van der Waals surface area (Å²) in [6, 6.07) is 33.9. The Kier molecular flexibility index (Phi) is 5.26. The Labute approximate surface area is 173 Å². The number of benzene rings is 4. The third kappa shape index (κ3) is 3.76. The third-order valence-electron chi connectivity index (χ3n) is 4.67. The molecular weight excluding hydrogens is 443 g/mol. The van der Waals surface area contributed by atoms with Gasteiger partial charge in [0, 0.05) is 9.13 Å². The molecule has 1 nitrogen and oxygen atoms in total. The summed E-state index contributed by atoms with van der Waals surface area (Å²) in [6.45, 7) is 0. The summed E-state index contributed by atoms with van der Waals surface area (Å²) in [5.74, 6) is 0.888. The molecule has 4 aromatic rings. The molecule has 0 aliphatic rings. The highest BCUT2D eigenvalue weighted by Gasteiger charge is 2.10. The van der Waals surface area contributed by atoms with Gasteiger partial charge in [-0.25, -0.2) is 0 Å². The van der Waals surface area contributed by atoms with E-state index >= 15 is 0 Å². The molecule has 4 aromatic carbocycles. The van der Waals surface area contributed by atoms with Crippen molar-refractivity contribution in [3.63, 3.8) is 0 Å². The maximum atomic E-state index is 5.60. The molecule has 27 heavy (non-hydrogen) atoms. The van der Waals surface area contributed by atoms with Crippen LogP contribution in [0, 0.1) is 3.57 Å². The summed E-state index contributed by atoms with van der Waals surface area (Å²) < 4.78 is 6.85. The average molecular weight is 462 g/mol.